The zero-order chi connectivity index (χ0) is 8.91. The highest BCUT2D eigenvalue weighted by atomic mass is 32.2. The first-order chi connectivity index (χ1) is 4.98. The molecule has 0 aliphatic rings. The molecule has 2 N–H and O–H groups in total. The van der Waals surface area contributed by atoms with Crippen LogP contribution < -0.4 is 5.32 Å². The van der Waals surface area contributed by atoms with Crippen molar-refractivity contribution in [3.8, 4) is 0 Å². The molecule has 0 radical (unpaired) electrons. The zero-order valence-electron chi connectivity index (χ0n) is 7.85. The van der Waals surface area contributed by atoms with Crippen LogP contribution in [0.2, 0.25) is 0 Å². The normalized spacial score (nSPS) is 15.0. The van der Waals surface area contributed by atoms with Crippen molar-refractivity contribution >= 4 is 11.8 Å². The summed E-state index contributed by atoms with van der Waals surface area (Å²) in [6.07, 6.45) is 1.86. The lowest BCUT2D eigenvalue weighted by Gasteiger charge is -2.22. The Kier molecular flexibility index (Phi) is 5.13. The summed E-state index contributed by atoms with van der Waals surface area (Å²) in [5.74, 6) is 0. The molecule has 0 bridgehead atoms. The molecule has 0 unspecified atom stereocenters. The highest BCUT2D eigenvalue weighted by Gasteiger charge is 2.14. The van der Waals surface area contributed by atoms with Gasteiger partial charge in [-0.05, 0) is 27.0 Å². The van der Waals surface area contributed by atoms with Crippen molar-refractivity contribution in [3.63, 3.8) is 0 Å². The molecule has 0 fully saturated rings. The topological polar surface area (TPSA) is 32.3 Å². The zero-order valence-corrected chi connectivity index (χ0v) is 8.66. The minimum absolute atomic E-state index is 0.243. The Balaban J connectivity index is 3.38. The van der Waals surface area contributed by atoms with E-state index in [1.165, 1.54) is 0 Å². The number of nitrogens with one attached hydrogen (secondary N) is 1. The van der Waals surface area contributed by atoms with Gasteiger partial charge >= 0.3 is 0 Å². The molecule has 0 saturated carbocycles. The number of hydrogen-bond donors (Lipinski definition) is 2. The van der Waals surface area contributed by atoms with E-state index >= 15 is 0 Å². The van der Waals surface area contributed by atoms with Gasteiger partial charge in [0, 0.05) is 17.8 Å². The molecule has 1 atom stereocenters. The molecule has 11 heavy (non-hydrogen) atoms. The van der Waals surface area contributed by atoms with Crippen LogP contribution in [0.1, 0.15) is 20.8 Å². The number of thioether (sulfide) groups is 1. The second-order valence-corrected chi connectivity index (χ2v) is 4.96. The van der Waals surface area contributed by atoms with E-state index in [0.717, 1.165) is 6.54 Å². The maximum Gasteiger partial charge on any atom is 0.0636 e. The minimum atomic E-state index is -0.243. The Labute approximate surface area is 73.8 Å². The lowest BCUT2D eigenvalue weighted by Crippen LogP contribution is -2.35. The molecule has 0 aromatic carbocycles. The van der Waals surface area contributed by atoms with Crippen LogP contribution in [0.5, 0.6) is 0 Å². The van der Waals surface area contributed by atoms with Gasteiger partial charge in [-0.25, -0.2) is 0 Å². The maximum atomic E-state index is 8.95. The van der Waals surface area contributed by atoms with Gasteiger partial charge in [0.1, 0.15) is 0 Å². The molecule has 0 saturated heterocycles. The van der Waals surface area contributed by atoms with Gasteiger partial charge in [-0.2, -0.15) is 11.8 Å². The summed E-state index contributed by atoms with van der Waals surface area (Å²) in [7, 11) is 0. The van der Waals surface area contributed by atoms with E-state index in [9.17, 15) is 0 Å². The van der Waals surface area contributed by atoms with Crippen LogP contribution in [-0.2, 0) is 0 Å². The van der Waals surface area contributed by atoms with Crippen LogP contribution >= 0.6 is 11.8 Å². The summed E-state index contributed by atoms with van der Waals surface area (Å²) in [6, 6.07) is 0. The van der Waals surface area contributed by atoms with Crippen molar-refractivity contribution in [1.82, 2.24) is 5.32 Å². The lowest BCUT2D eigenvalue weighted by molar-refractivity contribution is 0.190. The van der Waals surface area contributed by atoms with E-state index in [0.29, 0.717) is 6.54 Å². The fraction of sp³-hybridized carbons (Fsp3) is 1.00. The summed E-state index contributed by atoms with van der Waals surface area (Å²) >= 11 is 1.83. The van der Waals surface area contributed by atoms with E-state index in [4.69, 9.17) is 5.11 Å². The Morgan fingerprint density at radius 3 is 2.45 bits per heavy atom. The van der Waals surface area contributed by atoms with Crippen molar-refractivity contribution in [2.75, 3.05) is 19.3 Å². The molecule has 68 valence electrons. The fourth-order valence-electron chi connectivity index (χ4n) is 0.654. The second-order valence-electron chi connectivity index (χ2n) is 3.44. The van der Waals surface area contributed by atoms with E-state index < -0.39 is 0 Å². The standard InChI is InChI=1S/C8H19NOS/c1-7(10)5-9-6-8(2,3)11-4/h7,9-10H,5-6H2,1-4H3/t7-/m0/s1. The first kappa shape index (κ1) is 11.3. The molecule has 0 spiro atoms. The Morgan fingerprint density at radius 2 is 2.09 bits per heavy atom. The smallest absolute Gasteiger partial charge is 0.0636 e. The van der Waals surface area contributed by atoms with Gasteiger partial charge < -0.3 is 10.4 Å². The lowest BCUT2D eigenvalue weighted by atomic mass is 10.2. The van der Waals surface area contributed by atoms with Crippen molar-refractivity contribution in [2.24, 2.45) is 0 Å². The highest BCUT2D eigenvalue weighted by molar-refractivity contribution is 7.99. The van der Waals surface area contributed by atoms with Crippen LogP contribution in [-0.4, -0.2) is 35.3 Å². The number of hydrogen-bond acceptors (Lipinski definition) is 3. The van der Waals surface area contributed by atoms with Gasteiger partial charge in [0.25, 0.3) is 0 Å². The van der Waals surface area contributed by atoms with E-state index in [2.05, 4.69) is 25.4 Å². The molecule has 2 nitrogen and oxygen atoms in total. The third-order valence-corrected chi connectivity index (χ3v) is 2.79. The van der Waals surface area contributed by atoms with Gasteiger partial charge in [-0.3, -0.25) is 0 Å². The van der Waals surface area contributed by atoms with Crippen molar-refractivity contribution in [1.29, 1.82) is 0 Å². The molecular weight excluding hydrogens is 158 g/mol. The predicted molar refractivity (Wildman–Crippen MR) is 52.1 cm³/mol. The summed E-state index contributed by atoms with van der Waals surface area (Å²) in [4.78, 5) is 0. The highest BCUT2D eigenvalue weighted by Crippen LogP contribution is 2.19. The second kappa shape index (κ2) is 5.01. The van der Waals surface area contributed by atoms with Crippen molar-refractivity contribution < 1.29 is 5.11 Å². The molecule has 0 heterocycles. The first-order valence-corrected chi connectivity index (χ1v) is 5.14. The van der Waals surface area contributed by atoms with Gasteiger partial charge in [-0.1, -0.05) is 0 Å². The summed E-state index contributed by atoms with van der Waals surface area (Å²) < 4.78 is 0.273. The molecule has 0 aliphatic carbocycles. The van der Waals surface area contributed by atoms with Crippen molar-refractivity contribution in [3.05, 3.63) is 0 Å². The maximum absolute atomic E-state index is 8.95. The quantitative estimate of drug-likeness (QED) is 0.659. The molecule has 0 aliphatic heterocycles. The van der Waals surface area contributed by atoms with Gasteiger partial charge in [-0.15, -0.1) is 0 Å². The van der Waals surface area contributed by atoms with Crippen LogP contribution in [0.15, 0.2) is 0 Å². The Bertz CT molecular complexity index is 104. The molecule has 0 aromatic heterocycles. The summed E-state index contributed by atoms with van der Waals surface area (Å²) in [6.45, 7) is 7.79. The van der Waals surface area contributed by atoms with E-state index in [-0.39, 0.29) is 10.9 Å². The molecule has 0 rings (SSSR count). The summed E-state index contributed by atoms with van der Waals surface area (Å²) in [5.41, 5.74) is 0. The molecule has 0 aromatic rings. The minimum Gasteiger partial charge on any atom is -0.392 e. The first-order valence-electron chi connectivity index (χ1n) is 3.92. The van der Waals surface area contributed by atoms with Gasteiger partial charge in [0.05, 0.1) is 6.10 Å². The SMILES string of the molecule is CSC(C)(C)CNC[C@H](C)O. The van der Waals surface area contributed by atoms with Gasteiger partial charge in [0.2, 0.25) is 0 Å². The third-order valence-electron chi connectivity index (χ3n) is 1.54. The van der Waals surface area contributed by atoms with Crippen molar-refractivity contribution in [2.45, 2.75) is 31.6 Å². The average Bonchev–Trinajstić information content (AvgIpc) is 1.87. The van der Waals surface area contributed by atoms with Crippen LogP contribution in [0, 0.1) is 0 Å². The van der Waals surface area contributed by atoms with E-state index in [1.807, 2.05) is 11.8 Å². The average molecular weight is 177 g/mol. The van der Waals surface area contributed by atoms with Crippen LogP contribution in [0.4, 0.5) is 0 Å². The largest absolute Gasteiger partial charge is 0.392 e. The van der Waals surface area contributed by atoms with Crippen LogP contribution in [0.25, 0.3) is 0 Å². The fourth-order valence-corrected chi connectivity index (χ4v) is 0.901. The molecule has 3 heteroatoms. The van der Waals surface area contributed by atoms with Gasteiger partial charge in [0.15, 0.2) is 0 Å². The number of aliphatic hydroxyl groups is 1. The summed E-state index contributed by atoms with van der Waals surface area (Å²) in [5, 5.41) is 12.2. The number of rotatable bonds is 5. The Hall–Kier alpha value is 0.270. The van der Waals surface area contributed by atoms with E-state index in [1.54, 1.807) is 6.92 Å². The Morgan fingerprint density at radius 1 is 1.55 bits per heavy atom. The molecule has 0 amide bonds. The monoisotopic (exact) mass is 177 g/mol. The third kappa shape index (κ3) is 6.66. The predicted octanol–water partition coefficient (Wildman–Crippen LogP) is 1.10. The molecular formula is C8H19NOS. The van der Waals surface area contributed by atoms with Crippen LogP contribution in [0.3, 0.4) is 0 Å². The number of aliphatic hydroxyl groups excluding tert-OH is 1.